The van der Waals surface area contributed by atoms with Gasteiger partial charge >= 0.3 is 5.97 Å². The Labute approximate surface area is 77.5 Å². The first-order chi connectivity index (χ1) is 6.22. The minimum absolute atomic E-state index is 0.0329. The summed E-state index contributed by atoms with van der Waals surface area (Å²) >= 11 is 0. The Morgan fingerprint density at radius 1 is 1.31 bits per heavy atom. The fraction of sp³-hybridized carbons (Fsp3) is 0.900. The number of halogens is 1. The molecule has 2 saturated carbocycles. The second kappa shape index (κ2) is 3.28. The third-order valence-corrected chi connectivity index (χ3v) is 3.52. The summed E-state index contributed by atoms with van der Waals surface area (Å²) in [5.74, 6) is 0.0731. The van der Waals surface area contributed by atoms with Gasteiger partial charge in [0.25, 0.3) is 0 Å². The molecule has 2 aliphatic carbocycles. The molecule has 0 radical (unpaired) electrons. The molecule has 74 valence electrons. The zero-order chi connectivity index (χ0) is 9.42. The van der Waals surface area contributed by atoms with E-state index in [4.69, 9.17) is 0 Å². The van der Waals surface area contributed by atoms with Crippen LogP contribution < -0.4 is 0 Å². The van der Waals surface area contributed by atoms with Gasteiger partial charge in [-0.25, -0.2) is 4.39 Å². The summed E-state index contributed by atoms with van der Waals surface area (Å²) in [7, 11) is 1.41. The zero-order valence-corrected chi connectivity index (χ0v) is 7.83. The number of hydrogen-bond donors (Lipinski definition) is 0. The van der Waals surface area contributed by atoms with Crippen LogP contribution in [-0.4, -0.2) is 19.3 Å². The Bertz CT molecular complexity index is 203. The van der Waals surface area contributed by atoms with Crippen molar-refractivity contribution in [3.05, 3.63) is 0 Å². The monoisotopic (exact) mass is 186 g/mol. The molecule has 13 heavy (non-hydrogen) atoms. The average Bonchev–Trinajstić information content (AvgIpc) is 2.42. The largest absolute Gasteiger partial charge is 0.469 e. The summed E-state index contributed by atoms with van der Waals surface area (Å²) in [5, 5.41) is 0. The van der Waals surface area contributed by atoms with Crippen LogP contribution in [0.4, 0.5) is 4.39 Å². The molecular weight excluding hydrogens is 171 g/mol. The van der Waals surface area contributed by atoms with Gasteiger partial charge in [-0.1, -0.05) is 0 Å². The number of carbonyl (C=O) groups excluding carboxylic acids is 1. The minimum atomic E-state index is -0.652. The van der Waals surface area contributed by atoms with Crippen LogP contribution >= 0.6 is 0 Å². The number of alkyl halides is 1. The van der Waals surface area contributed by atoms with Crippen molar-refractivity contribution >= 4 is 5.97 Å². The van der Waals surface area contributed by atoms with Gasteiger partial charge in [0.05, 0.1) is 13.0 Å². The van der Waals surface area contributed by atoms with E-state index in [9.17, 15) is 9.18 Å². The number of methoxy groups -OCH3 is 1. The van der Waals surface area contributed by atoms with Gasteiger partial charge in [0, 0.05) is 0 Å². The first-order valence-corrected chi connectivity index (χ1v) is 4.94. The second-order valence-electron chi connectivity index (χ2n) is 4.23. The van der Waals surface area contributed by atoms with Gasteiger partial charge < -0.3 is 4.74 Å². The number of carbonyl (C=O) groups is 1. The zero-order valence-electron chi connectivity index (χ0n) is 7.83. The fourth-order valence-electron chi connectivity index (χ4n) is 2.81. The van der Waals surface area contributed by atoms with E-state index in [1.54, 1.807) is 0 Å². The molecule has 2 fully saturated rings. The lowest BCUT2D eigenvalue weighted by Gasteiger charge is -2.28. The Kier molecular flexibility index (Phi) is 2.26. The second-order valence-corrected chi connectivity index (χ2v) is 4.23. The molecule has 0 aliphatic heterocycles. The lowest BCUT2D eigenvalue weighted by atomic mass is 9.80. The third-order valence-electron chi connectivity index (χ3n) is 3.52. The van der Waals surface area contributed by atoms with E-state index in [0.717, 1.165) is 12.8 Å². The van der Waals surface area contributed by atoms with E-state index in [1.807, 2.05) is 0 Å². The standard InChI is InChI=1S/C10H15FO2/c1-13-10(12)8-4-6-2-3-7(5-8)9(6)11/h6-9H,2-5H2,1H3/t6-,7+,8?,9?. The highest BCUT2D eigenvalue weighted by Crippen LogP contribution is 2.46. The van der Waals surface area contributed by atoms with Gasteiger partial charge in [-0.2, -0.15) is 0 Å². The van der Waals surface area contributed by atoms with Crippen molar-refractivity contribution in [2.45, 2.75) is 31.9 Å². The predicted molar refractivity (Wildman–Crippen MR) is 45.9 cm³/mol. The van der Waals surface area contributed by atoms with Crippen molar-refractivity contribution in [2.75, 3.05) is 7.11 Å². The van der Waals surface area contributed by atoms with Gasteiger partial charge in [-0.05, 0) is 37.5 Å². The highest BCUT2D eigenvalue weighted by atomic mass is 19.1. The molecule has 2 nitrogen and oxygen atoms in total. The molecule has 2 rings (SSSR count). The van der Waals surface area contributed by atoms with Crippen LogP contribution in [0.15, 0.2) is 0 Å². The summed E-state index contributed by atoms with van der Waals surface area (Å²) < 4.78 is 18.1. The van der Waals surface area contributed by atoms with Crippen molar-refractivity contribution in [3.63, 3.8) is 0 Å². The molecule has 0 heterocycles. The summed E-state index contributed by atoms with van der Waals surface area (Å²) in [5.41, 5.74) is 0. The first kappa shape index (κ1) is 8.97. The van der Waals surface area contributed by atoms with Crippen molar-refractivity contribution in [3.8, 4) is 0 Å². The molecule has 0 N–H and O–H groups in total. The van der Waals surface area contributed by atoms with E-state index in [1.165, 1.54) is 7.11 Å². The average molecular weight is 186 g/mol. The molecule has 2 bridgehead atoms. The maximum Gasteiger partial charge on any atom is 0.308 e. The smallest absolute Gasteiger partial charge is 0.308 e. The summed E-state index contributed by atoms with van der Waals surface area (Å²) in [6, 6.07) is 0. The van der Waals surface area contributed by atoms with Crippen molar-refractivity contribution in [2.24, 2.45) is 17.8 Å². The fourth-order valence-corrected chi connectivity index (χ4v) is 2.81. The molecule has 4 atom stereocenters. The van der Waals surface area contributed by atoms with Crippen LogP contribution in [0.25, 0.3) is 0 Å². The maximum atomic E-state index is 13.4. The number of ether oxygens (including phenoxy) is 1. The van der Waals surface area contributed by atoms with Gasteiger partial charge in [-0.15, -0.1) is 0 Å². The van der Waals surface area contributed by atoms with Crippen LogP contribution in [0.5, 0.6) is 0 Å². The third kappa shape index (κ3) is 1.45. The highest BCUT2D eigenvalue weighted by Gasteiger charge is 2.45. The topological polar surface area (TPSA) is 26.3 Å². The van der Waals surface area contributed by atoms with E-state index < -0.39 is 6.17 Å². The predicted octanol–water partition coefficient (Wildman–Crippen LogP) is 1.93. The lowest BCUT2D eigenvalue weighted by Crippen LogP contribution is -2.31. The van der Waals surface area contributed by atoms with Gasteiger partial charge in [0.2, 0.25) is 0 Å². The normalized spacial score (nSPS) is 43.2. The van der Waals surface area contributed by atoms with E-state index in [0.29, 0.717) is 12.8 Å². The van der Waals surface area contributed by atoms with Crippen LogP contribution in [0.3, 0.4) is 0 Å². The molecular formula is C10H15FO2. The molecule has 2 unspecified atom stereocenters. The van der Waals surface area contributed by atoms with Crippen molar-refractivity contribution in [1.82, 2.24) is 0 Å². The van der Waals surface area contributed by atoms with Crippen LogP contribution in [0.1, 0.15) is 25.7 Å². The Morgan fingerprint density at radius 2 is 1.85 bits per heavy atom. The van der Waals surface area contributed by atoms with Crippen molar-refractivity contribution < 1.29 is 13.9 Å². The minimum Gasteiger partial charge on any atom is -0.469 e. The Hall–Kier alpha value is -0.600. The van der Waals surface area contributed by atoms with Crippen LogP contribution in [-0.2, 0) is 9.53 Å². The molecule has 3 heteroatoms. The van der Waals surface area contributed by atoms with Gasteiger partial charge in [-0.3, -0.25) is 4.79 Å². The molecule has 2 aliphatic rings. The van der Waals surface area contributed by atoms with Gasteiger partial charge in [0.15, 0.2) is 0 Å². The summed E-state index contributed by atoms with van der Waals surface area (Å²) in [6.45, 7) is 0. The summed E-state index contributed by atoms with van der Waals surface area (Å²) in [4.78, 5) is 11.2. The van der Waals surface area contributed by atoms with Crippen LogP contribution in [0.2, 0.25) is 0 Å². The van der Waals surface area contributed by atoms with E-state index in [2.05, 4.69) is 4.74 Å². The Balaban J connectivity index is 2.02. The molecule has 0 aromatic heterocycles. The SMILES string of the molecule is COC(=O)C1C[C@H]2CC[C@@H](C1)C2F. The first-order valence-electron chi connectivity index (χ1n) is 4.94. The lowest BCUT2D eigenvalue weighted by molar-refractivity contribution is -0.148. The Morgan fingerprint density at radius 3 is 2.31 bits per heavy atom. The highest BCUT2D eigenvalue weighted by molar-refractivity contribution is 5.72. The molecule has 0 aromatic carbocycles. The number of esters is 1. The van der Waals surface area contributed by atoms with E-state index in [-0.39, 0.29) is 23.7 Å². The van der Waals surface area contributed by atoms with Crippen molar-refractivity contribution in [1.29, 1.82) is 0 Å². The number of fused-ring (bicyclic) bond motifs is 2. The summed E-state index contributed by atoms with van der Waals surface area (Å²) in [6.07, 6.45) is 2.66. The number of rotatable bonds is 1. The van der Waals surface area contributed by atoms with Crippen LogP contribution in [0, 0.1) is 17.8 Å². The quantitative estimate of drug-likeness (QED) is 0.585. The molecule has 0 spiro atoms. The number of hydrogen-bond acceptors (Lipinski definition) is 2. The van der Waals surface area contributed by atoms with E-state index >= 15 is 0 Å². The molecule has 0 amide bonds. The molecule has 0 aromatic rings. The van der Waals surface area contributed by atoms with Gasteiger partial charge in [0.1, 0.15) is 6.17 Å². The molecule has 0 saturated heterocycles. The maximum absolute atomic E-state index is 13.4.